The van der Waals surface area contributed by atoms with Crippen molar-refractivity contribution in [2.75, 3.05) is 11.9 Å². The summed E-state index contributed by atoms with van der Waals surface area (Å²) < 4.78 is 1.60. The molecule has 1 aromatic carbocycles. The van der Waals surface area contributed by atoms with Gasteiger partial charge in [0.25, 0.3) is 11.8 Å². The number of carbonyl (C=O) groups is 2. The zero-order valence-electron chi connectivity index (χ0n) is 13.8. The van der Waals surface area contributed by atoms with Crippen LogP contribution in [0.25, 0.3) is 5.52 Å². The molecule has 0 saturated heterocycles. The number of aryl methyl sites for hydroxylation is 1. The minimum atomic E-state index is -0.365. The smallest absolute Gasteiger partial charge is 0.287 e. The van der Waals surface area contributed by atoms with Crippen molar-refractivity contribution in [3.05, 3.63) is 78.4 Å². The number of amides is 2. The fourth-order valence-corrected chi connectivity index (χ4v) is 2.44. The number of benzene rings is 1. The number of nitrogens with zero attached hydrogens (tertiary/aromatic N) is 2. The Morgan fingerprint density at radius 2 is 1.92 bits per heavy atom. The van der Waals surface area contributed by atoms with E-state index in [4.69, 9.17) is 0 Å². The van der Waals surface area contributed by atoms with Crippen molar-refractivity contribution in [1.82, 2.24) is 14.7 Å². The van der Waals surface area contributed by atoms with E-state index in [9.17, 15) is 9.59 Å². The molecule has 0 bridgehead atoms. The molecule has 6 heteroatoms. The maximum atomic E-state index is 12.6. The number of imidazole rings is 1. The molecular formula is C19H18N4O2. The van der Waals surface area contributed by atoms with E-state index >= 15 is 0 Å². The van der Waals surface area contributed by atoms with Gasteiger partial charge < -0.3 is 10.6 Å². The van der Waals surface area contributed by atoms with Gasteiger partial charge in [0.15, 0.2) is 5.69 Å². The first kappa shape index (κ1) is 16.4. The molecule has 6 nitrogen and oxygen atoms in total. The lowest BCUT2D eigenvalue weighted by Gasteiger charge is -2.04. The quantitative estimate of drug-likeness (QED) is 0.705. The Bertz CT molecular complexity index is 942. The second kappa shape index (κ2) is 7.00. The molecule has 2 heterocycles. The van der Waals surface area contributed by atoms with Crippen molar-refractivity contribution in [3.63, 3.8) is 0 Å². The van der Waals surface area contributed by atoms with Crippen LogP contribution in [0.4, 0.5) is 5.69 Å². The highest BCUT2D eigenvalue weighted by molar-refractivity contribution is 6.08. The maximum absolute atomic E-state index is 12.6. The highest BCUT2D eigenvalue weighted by Gasteiger charge is 2.21. The van der Waals surface area contributed by atoms with E-state index in [2.05, 4.69) is 22.2 Å². The molecule has 0 unspecified atom stereocenters. The van der Waals surface area contributed by atoms with E-state index in [0.717, 1.165) is 5.56 Å². The zero-order chi connectivity index (χ0) is 17.8. The summed E-state index contributed by atoms with van der Waals surface area (Å²) in [4.78, 5) is 29.2. The average Bonchev–Trinajstić information content (AvgIpc) is 3.01. The maximum Gasteiger partial charge on any atom is 0.287 e. The topological polar surface area (TPSA) is 75.5 Å². The van der Waals surface area contributed by atoms with E-state index < -0.39 is 0 Å². The summed E-state index contributed by atoms with van der Waals surface area (Å²) >= 11 is 0. The van der Waals surface area contributed by atoms with Crippen molar-refractivity contribution in [1.29, 1.82) is 0 Å². The number of rotatable bonds is 5. The molecular weight excluding hydrogens is 316 g/mol. The van der Waals surface area contributed by atoms with Gasteiger partial charge in [-0.3, -0.25) is 14.0 Å². The molecule has 0 saturated carbocycles. The van der Waals surface area contributed by atoms with Gasteiger partial charge in [-0.25, -0.2) is 4.98 Å². The number of aromatic nitrogens is 2. The summed E-state index contributed by atoms with van der Waals surface area (Å²) in [5.41, 5.74) is 2.54. The first-order valence-electron chi connectivity index (χ1n) is 7.84. The number of pyridine rings is 1. The Morgan fingerprint density at radius 3 is 2.64 bits per heavy atom. The predicted molar refractivity (Wildman–Crippen MR) is 96.9 cm³/mol. The number of fused-ring (bicyclic) bond motifs is 1. The molecule has 0 aliphatic heterocycles. The van der Waals surface area contributed by atoms with Gasteiger partial charge >= 0.3 is 0 Å². The molecule has 2 aromatic heterocycles. The number of hydrogen-bond acceptors (Lipinski definition) is 3. The van der Waals surface area contributed by atoms with Gasteiger partial charge in [-0.15, -0.1) is 6.58 Å². The van der Waals surface area contributed by atoms with Gasteiger partial charge in [0.1, 0.15) is 0 Å². The van der Waals surface area contributed by atoms with Gasteiger partial charge in [0, 0.05) is 18.4 Å². The van der Waals surface area contributed by atoms with Gasteiger partial charge in [-0.1, -0.05) is 29.8 Å². The van der Waals surface area contributed by atoms with Crippen LogP contribution in [0.2, 0.25) is 0 Å². The summed E-state index contributed by atoms with van der Waals surface area (Å²) in [6.07, 6.45) is 3.28. The number of nitrogens with one attached hydrogen (secondary N) is 2. The van der Waals surface area contributed by atoms with E-state index in [1.807, 2.05) is 31.2 Å². The lowest BCUT2D eigenvalue weighted by molar-refractivity contribution is 0.0947. The van der Waals surface area contributed by atoms with Crippen LogP contribution in [-0.4, -0.2) is 27.7 Å². The Balaban J connectivity index is 1.95. The van der Waals surface area contributed by atoms with E-state index in [1.165, 1.54) is 0 Å². The molecule has 0 aliphatic rings. The van der Waals surface area contributed by atoms with Crippen LogP contribution >= 0.6 is 0 Å². The van der Waals surface area contributed by atoms with Gasteiger partial charge in [0.2, 0.25) is 5.82 Å². The molecule has 3 rings (SSSR count). The van der Waals surface area contributed by atoms with Crippen LogP contribution < -0.4 is 10.6 Å². The first-order valence-corrected chi connectivity index (χ1v) is 7.84. The largest absolute Gasteiger partial charge is 0.346 e. The Kier molecular flexibility index (Phi) is 4.61. The molecule has 126 valence electrons. The molecule has 0 aliphatic carbocycles. The lowest BCUT2D eigenvalue weighted by Crippen LogP contribution is -2.25. The Labute approximate surface area is 145 Å². The summed E-state index contributed by atoms with van der Waals surface area (Å²) in [7, 11) is 0. The summed E-state index contributed by atoms with van der Waals surface area (Å²) in [5.74, 6) is -0.572. The molecule has 0 fully saturated rings. The number of anilines is 1. The fourth-order valence-electron chi connectivity index (χ4n) is 2.44. The van der Waals surface area contributed by atoms with Crippen molar-refractivity contribution in [2.24, 2.45) is 0 Å². The van der Waals surface area contributed by atoms with Gasteiger partial charge in [-0.05, 0) is 31.2 Å². The minimum absolute atomic E-state index is 0.159. The Hall–Kier alpha value is -3.41. The van der Waals surface area contributed by atoms with E-state index in [0.29, 0.717) is 17.7 Å². The minimum Gasteiger partial charge on any atom is -0.346 e. The van der Waals surface area contributed by atoms with Gasteiger partial charge in [0.05, 0.1) is 5.52 Å². The standard InChI is InChI=1S/C19H18N4O2/c1-3-11-20-19(25)17-22-16(15-6-4-5-12-23(15)17)18(24)21-14-9-7-13(2)8-10-14/h3-10,12H,1,11H2,2H3,(H,20,25)(H,21,24). The summed E-state index contributed by atoms with van der Waals surface area (Å²) in [6, 6.07) is 12.8. The van der Waals surface area contributed by atoms with Crippen LogP contribution in [-0.2, 0) is 0 Å². The molecule has 2 N–H and O–H groups in total. The molecule has 0 atom stereocenters. The molecule has 3 aromatic rings. The SMILES string of the molecule is C=CCNC(=O)c1nc(C(=O)Nc2ccc(C)cc2)c2ccccn12. The normalized spacial score (nSPS) is 10.4. The van der Waals surface area contributed by atoms with Crippen LogP contribution in [0.1, 0.15) is 26.7 Å². The second-order valence-electron chi connectivity index (χ2n) is 5.56. The highest BCUT2D eigenvalue weighted by atomic mass is 16.2. The van der Waals surface area contributed by atoms with Crippen LogP contribution in [0.15, 0.2) is 61.3 Å². The fraction of sp³-hybridized carbons (Fsp3) is 0.105. The monoisotopic (exact) mass is 334 g/mol. The molecule has 2 amide bonds. The van der Waals surface area contributed by atoms with Gasteiger partial charge in [-0.2, -0.15) is 0 Å². The third-order valence-corrected chi connectivity index (χ3v) is 3.68. The van der Waals surface area contributed by atoms with E-state index in [-0.39, 0.29) is 23.3 Å². The highest BCUT2D eigenvalue weighted by Crippen LogP contribution is 2.16. The lowest BCUT2D eigenvalue weighted by atomic mass is 10.2. The van der Waals surface area contributed by atoms with Crippen LogP contribution in [0.3, 0.4) is 0 Å². The molecule has 0 radical (unpaired) electrons. The zero-order valence-corrected chi connectivity index (χ0v) is 13.8. The van der Waals surface area contributed by atoms with Crippen LogP contribution in [0, 0.1) is 6.92 Å². The number of hydrogen-bond donors (Lipinski definition) is 2. The van der Waals surface area contributed by atoms with Crippen LogP contribution in [0.5, 0.6) is 0 Å². The van der Waals surface area contributed by atoms with Crippen molar-refractivity contribution in [2.45, 2.75) is 6.92 Å². The molecule has 0 spiro atoms. The van der Waals surface area contributed by atoms with Crippen molar-refractivity contribution in [3.8, 4) is 0 Å². The Morgan fingerprint density at radius 1 is 1.16 bits per heavy atom. The summed E-state index contributed by atoms with van der Waals surface area (Å²) in [6.45, 7) is 5.87. The van der Waals surface area contributed by atoms with E-state index in [1.54, 1.807) is 34.9 Å². The number of carbonyl (C=O) groups excluding carboxylic acids is 2. The van der Waals surface area contributed by atoms with Crippen molar-refractivity contribution >= 4 is 23.0 Å². The summed E-state index contributed by atoms with van der Waals surface area (Å²) in [5, 5.41) is 5.49. The third-order valence-electron chi connectivity index (χ3n) is 3.68. The first-order chi connectivity index (χ1) is 12.1. The average molecular weight is 334 g/mol. The second-order valence-corrected chi connectivity index (χ2v) is 5.56. The molecule has 25 heavy (non-hydrogen) atoms. The predicted octanol–water partition coefficient (Wildman–Crippen LogP) is 2.81. The van der Waals surface area contributed by atoms with Crippen molar-refractivity contribution < 1.29 is 9.59 Å². The third kappa shape index (κ3) is 3.42.